The summed E-state index contributed by atoms with van der Waals surface area (Å²) in [7, 11) is 4.61. The average molecular weight is 799 g/mol. The first-order chi connectivity index (χ1) is 20.0. The molecule has 0 N–H and O–H groups in total. The number of methoxy groups -OCH3 is 1. The maximum Gasteiger partial charge on any atom is 0.511 e. The third-order valence-electron chi connectivity index (χ3n) is 4.92. The monoisotopic (exact) mass is 796 g/mol. The minimum absolute atomic E-state index is 0.0224. The first-order valence-corrected chi connectivity index (χ1v) is 20.9. The summed E-state index contributed by atoms with van der Waals surface area (Å²) in [6, 6.07) is 18.9. The largest absolute Gasteiger partial charge is 0.511 e. The van der Waals surface area contributed by atoms with Gasteiger partial charge < -0.3 is 4.74 Å². The number of hydrogen-bond donors (Lipinski definition) is 0. The molecule has 0 aliphatic carbocycles. The third kappa shape index (κ3) is 17.1. The summed E-state index contributed by atoms with van der Waals surface area (Å²) in [5.41, 5.74) is -3.21. The topological polar surface area (TPSA) is 146 Å². The quantitative estimate of drug-likeness (QED) is 0.245. The van der Waals surface area contributed by atoms with Gasteiger partial charge in [-0.15, -0.1) is 0 Å². The van der Waals surface area contributed by atoms with Gasteiger partial charge >= 0.3 is 14.6 Å². The van der Waals surface area contributed by atoms with Crippen LogP contribution in [-0.2, 0) is 41.6 Å². The van der Waals surface area contributed by atoms with Crippen molar-refractivity contribution in [2.24, 2.45) is 0 Å². The first-order valence-electron chi connectivity index (χ1n) is 11.7. The van der Waals surface area contributed by atoms with Gasteiger partial charge in [-0.1, -0.05) is 50.6 Å². The summed E-state index contributed by atoms with van der Waals surface area (Å²) in [5.74, 6) is 0.596. The van der Waals surface area contributed by atoms with Gasteiger partial charge in [0.2, 0.25) is 0 Å². The fraction of sp³-hybridized carbons (Fsp3) is 0.280. The Morgan fingerprint density at radius 3 is 1.04 bits per heavy atom. The lowest BCUT2D eigenvalue weighted by molar-refractivity contribution is -0.0412. The van der Waals surface area contributed by atoms with Crippen molar-refractivity contribution in [2.75, 3.05) is 7.11 Å². The van der Waals surface area contributed by atoms with E-state index in [1.807, 2.05) is 6.92 Å². The summed E-state index contributed by atoms with van der Waals surface area (Å²) in [5, 5.41) is 0. The van der Waals surface area contributed by atoms with Crippen LogP contribution in [0.1, 0.15) is 31.9 Å². The highest BCUT2D eigenvalue weighted by Gasteiger charge is 2.44. The summed E-state index contributed by atoms with van der Waals surface area (Å²) in [6.45, 7) is 8.08. The van der Waals surface area contributed by atoms with Crippen LogP contribution in [0.5, 0.6) is 5.75 Å². The molecule has 3 aromatic carbocycles. The summed E-state index contributed by atoms with van der Waals surface area (Å²) in [4.78, 5) is 0.363. The molecule has 0 fully saturated rings. The van der Waals surface area contributed by atoms with Gasteiger partial charge in [-0.3, -0.25) is 0 Å². The number of aryl methyl sites for hydroxylation is 1. The highest BCUT2D eigenvalue weighted by atomic mass is 35.7. The molecule has 3 aromatic rings. The van der Waals surface area contributed by atoms with E-state index in [0.29, 0.717) is 5.75 Å². The predicted molar refractivity (Wildman–Crippen MR) is 169 cm³/mol. The van der Waals surface area contributed by atoms with Gasteiger partial charge in [0.25, 0.3) is 27.2 Å². The van der Waals surface area contributed by atoms with Gasteiger partial charge in [0.05, 0.1) is 21.8 Å². The molecule has 3 rings (SSSR count). The number of benzene rings is 3. The summed E-state index contributed by atoms with van der Waals surface area (Å²) < 4.78 is 121. The Morgan fingerprint density at radius 2 is 0.822 bits per heavy atom. The molecule has 0 aliphatic heterocycles. The van der Waals surface area contributed by atoms with E-state index in [0.717, 1.165) is 11.1 Å². The predicted octanol–water partition coefficient (Wildman–Crippen LogP) is 7.53. The Balaban J connectivity index is 0.000000584. The molecule has 0 aliphatic rings. The van der Waals surface area contributed by atoms with Crippen LogP contribution in [0.15, 0.2) is 87.5 Å². The summed E-state index contributed by atoms with van der Waals surface area (Å²) >= 11 is 0. The van der Waals surface area contributed by atoms with Crippen LogP contribution in [0, 0.1) is 6.92 Å². The van der Waals surface area contributed by atoms with Crippen LogP contribution in [-0.4, -0.2) is 46.3 Å². The first kappa shape index (κ1) is 43.2. The summed E-state index contributed by atoms with van der Waals surface area (Å²) in [6.07, 6.45) is 0. The maximum absolute atomic E-state index is 11.0. The number of rotatable bonds is 4. The smallest absolute Gasteiger partial charge is 0.497 e. The van der Waals surface area contributed by atoms with Gasteiger partial charge in [0.1, 0.15) is 5.75 Å². The number of ether oxygens (including phenoxy) is 1. The molecule has 254 valence electrons. The number of hydrogen-bond acceptors (Lipinski definition) is 9. The van der Waals surface area contributed by atoms with Gasteiger partial charge in [-0.05, 0) is 66.4 Å². The van der Waals surface area contributed by atoms with E-state index >= 15 is 0 Å². The van der Waals surface area contributed by atoms with Crippen molar-refractivity contribution in [3.05, 3.63) is 83.9 Å². The van der Waals surface area contributed by atoms with E-state index < -0.39 is 41.7 Å². The molecule has 45 heavy (non-hydrogen) atoms. The van der Waals surface area contributed by atoms with Crippen molar-refractivity contribution in [2.45, 2.75) is 53.3 Å². The lowest BCUT2D eigenvalue weighted by Crippen LogP contribution is -2.16. The Labute approximate surface area is 278 Å². The van der Waals surface area contributed by atoms with Crippen LogP contribution >= 0.6 is 42.7 Å². The Kier molecular flexibility index (Phi) is 16.2. The van der Waals surface area contributed by atoms with Crippen molar-refractivity contribution < 1.29 is 51.6 Å². The molecule has 0 amide bonds. The minimum Gasteiger partial charge on any atom is -0.497 e. The fourth-order valence-corrected chi connectivity index (χ4v) is 4.87. The van der Waals surface area contributed by atoms with E-state index in [-0.39, 0.29) is 20.1 Å². The normalized spacial score (nSPS) is 12.3. The van der Waals surface area contributed by atoms with E-state index in [1.165, 1.54) is 55.6 Å². The van der Waals surface area contributed by atoms with Crippen molar-refractivity contribution in [3.63, 3.8) is 0 Å². The molecule has 0 bridgehead atoms. The molecular weight excluding hydrogens is 771 g/mol. The lowest BCUT2D eigenvalue weighted by atomic mass is 9.87. The number of halogens is 7. The van der Waals surface area contributed by atoms with Gasteiger partial charge in [0, 0.05) is 42.7 Å². The van der Waals surface area contributed by atoms with E-state index in [1.54, 1.807) is 24.3 Å². The molecule has 0 aromatic heterocycles. The van der Waals surface area contributed by atoms with E-state index in [2.05, 4.69) is 31.5 Å². The van der Waals surface area contributed by atoms with E-state index in [9.17, 15) is 46.8 Å². The number of alkyl halides is 3. The molecule has 0 heterocycles. The average Bonchev–Trinajstić information content (AvgIpc) is 2.87. The minimum atomic E-state index is -5.37. The SMILES string of the molecule is CC(C)(C)c1ccc(S(=O)(=O)Cl)cc1.COc1ccc(S(=O)(=O)Cl)cc1.Cc1ccc(S(=O)(=O)Cl)cc1.O=S(=O)(Cl)C(F)(F)F. The molecular formula is C25H27Cl4F3O9S4. The molecule has 0 radical (unpaired) electrons. The second-order valence-corrected chi connectivity index (χ2v) is 19.7. The van der Waals surface area contributed by atoms with E-state index in [4.69, 9.17) is 36.8 Å². The second-order valence-electron chi connectivity index (χ2n) is 9.46. The van der Waals surface area contributed by atoms with Gasteiger partial charge in [-0.2, -0.15) is 13.2 Å². The second kappa shape index (κ2) is 16.9. The zero-order valence-corrected chi connectivity index (χ0v) is 30.2. The van der Waals surface area contributed by atoms with Crippen molar-refractivity contribution in [3.8, 4) is 5.75 Å². The maximum atomic E-state index is 11.0. The third-order valence-corrected chi connectivity index (χ3v) is 10.1. The molecule has 0 unspecified atom stereocenters. The Morgan fingerprint density at radius 1 is 0.556 bits per heavy atom. The fourth-order valence-electron chi connectivity index (χ4n) is 2.56. The van der Waals surface area contributed by atoms with Crippen molar-refractivity contribution in [1.29, 1.82) is 0 Å². The highest BCUT2D eigenvalue weighted by molar-refractivity contribution is 8.14. The molecule has 20 heteroatoms. The van der Waals surface area contributed by atoms with Crippen LogP contribution in [0.2, 0.25) is 0 Å². The van der Waals surface area contributed by atoms with Gasteiger partial charge in [-0.25, -0.2) is 33.7 Å². The molecule has 0 spiro atoms. The Hall–Kier alpha value is -1.79. The zero-order chi connectivity index (χ0) is 35.7. The Bertz CT molecular complexity index is 1820. The van der Waals surface area contributed by atoms with Crippen molar-refractivity contribution in [1.82, 2.24) is 0 Å². The standard InChI is InChI=1S/C10H13ClO2S.C7H7ClO3S.C7H7ClO2S.CClF3O2S/c1-10(2,3)8-4-6-9(7-5-8)14(11,12)13;1-11-6-2-4-7(5-3-6)12(8,9)10;1-6-2-4-7(5-3-6)11(8,9)10;2-8(6,7)1(3,4)5/h4-7H,1-3H3;2-5H,1H3;2-5H,1H3;. The van der Waals surface area contributed by atoms with Crippen LogP contribution in [0.25, 0.3) is 0 Å². The molecule has 0 saturated heterocycles. The molecule has 9 nitrogen and oxygen atoms in total. The van der Waals surface area contributed by atoms with Crippen molar-refractivity contribution >= 4 is 78.9 Å². The zero-order valence-electron chi connectivity index (χ0n) is 23.9. The van der Waals surface area contributed by atoms with Gasteiger partial charge in [0.15, 0.2) is 0 Å². The lowest BCUT2D eigenvalue weighted by Gasteiger charge is -2.18. The van der Waals surface area contributed by atoms with Crippen LogP contribution < -0.4 is 4.74 Å². The highest BCUT2D eigenvalue weighted by Crippen LogP contribution is 2.26. The van der Waals surface area contributed by atoms with Crippen LogP contribution in [0.4, 0.5) is 13.2 Å². The molecule has 0 atom stereocenters. The molecule has 0 saturated carbocycles. The van der Waals surface area contributed by atoms with Crippen LogP contribution in [0.3, 0.4) is 0 Å².